The standard InChI is InChI=1S/C8H6N.NO2.Sn/c1-2-4-8-7(3-1)5-6-9-8;2-1-3;/h1-4,6,9H;;. The van der Waals surface area contributed by atoms with Gasteiger partial charge >= 0.3 is 84.6 Å². The molecule has 0 saturated carbocycles. The van der Waals surface area contributed by atoms with E-state index in [1.54, 1.807) is 6.20 Å². The summed E-state index contributed by atoms with van der Waals surface area (Å²) >= 11 is -1.64. The maximum absolute atomic E-state index is 10.4. The molecule has 1 aromatic carbocycles. The monoisotopic (exact) mass is 282 g/mol. The average Bonchev–Trinajstić information content (AvgIpc) is 2.48. The summed E-state index contributed by atoms with van der Waals surface area (Å²) in [6.07, 6.45) is 1.76. The third-order valence-corrected chi connectivity index (χ3v) is 4.19. The van der Waals surface area contributed by atoms with Gasteiger partial charge in [0.2, 0.25) is 0 Å². The number of benzene rings is 1. The normalized spacial score (nSPS) is 10.5. The zero-order valence-corrected chi connectivity index (χ0v) is 9.50. The molecule has 4 nitrogen and oxygen atoms in total. The van der Waals surface area contributed by atoms with E-state index in [1.807, 2.05) is 24.3 Å². The summed E-state index contributed by atoms with van der Waals surface area (Å²) < 4.78 is 0.753. The van der Waals surface area contributed by atoms with E-state index in [9.17, 15) is 10.1 Å². The van der Waals surface area contributed by atoms with Crippen molar-refractivity contribution in [2.75, 3.05) is 0 Å². The van der Waals surface area contributed by atoms with Gasteiger partial charge in [-0.3, -0.25) is 0 Å². The Balaban J connectivity index is 2.51. The van der Waals surface area contributed by atoms with Crippen molar-refractivity contribution < 1.29 is 3.15 Å². The average molecular weight is 281 g/mol. The Bertz CT molecular complexity index is 452. The van der Waals surface area contributed by atoms with Crippen molar-refractivity contribution in [3.63, 3.8) is 0 Å². The van der Waals surface area contributed by atoms with Crippen molar-refractivity contribution in [3.05, 3.63) is 40.6 Å². The van der Waals surface area contributed by atoms with Gasteiger partial charge in [-0.05, 0) is 0 Å². The van der Waals surface area contributed by atoms with Crippen LogP contribution in [0.3, 0.4) is 0 Å². The van der Waals surface area contributed by atoms with Crippen LogP contribution in [-0.2, 0) is 0 Å². The van der Waals surface area contributed by atoms with E-state index in [1.165, 1.54) is 0 Å². The van der Waals surface area contributed by atoms with Gasteiger partial charge in [0.15, 0.2) is 0 Å². The second kappa shape index (κ2) is 3.37. The number of fused-ring (bicyclic) bond motifs is 1. The van der Waals surface area contributed by atoms with Crippen molar-refractivity contribution in [1.29, 1.82) is 0 Å². The number of rotatable bonds is 2. The Morgan fingerprint density at radius 2 is 2.15 bits per heavy atom. The first-order valence-electron chi connectivity index (χ1n) is 3.74. The van der Waals surface area contributed by atoms with Gasteiger partial charge in [0.25, 0.3) is 0 Å². The Morgan fingerprint density at radius 3 is 2.92 bits per heavy atom. The van der Waals surface area contributed by atoms with Crippen molar-refractivity contribution in [1.82, 2.24) is 4.98 Å². The van der Waals surface area contributed by atoms with Gasteiger partial charge in [-0.25, -0.2) is 0 Å². The molecule has 0 unspecified atom stereocenters. The van der Waals surface area contributed by atoms with E-state index in [0.29, 0.717) is 0 Å². The predicted molar refractivity (Wildman–Crippen MR) is 50.7 cm³/mol. The molecule has 13 heavy (non-hydrogen) atoms. The predicted octanol–water partition coefficient (Wildman–Crippen LogP) is 0.689. The first-order chi connectivity index (χ1) is 6.27. The SMILES string of the molecule is O=[N+]([O-])[Sn][c]1c[nH]c2ccccc12. The molecule has 0 amide bonds. The minimum atomic E-state index is -1.64. The first-order valence-corrected chi connectivity index (χ1v) is 6.45. The molecule has 2 rings (SSSR count). The van der Waals surface area contributed by atoms with Gasteiger partial charge in [-0.1, -0.05) is 0 Å². The molecule has 1 aromatic heterocycles. The summed E-state index contributed by atoms with van der Waals surface area (Å²) in [4.78, 5) is 13.4. The molecule has 1 heterocycles. The Hall–Kier alpha value is -1.04. The van der Waals surface area contributed by atoms with Crippen LogP contribution in [0.2, 0.25) is 0 Å². The van der Waals surface area contributed by atoms with Crippen LogP contribution in [0, 0.1) is 10.1 Å². The topological polar surface area (TPSA) is 58.9 Å². The van der Waals surface area contributed by atoms with Crippen LogP contribution < -0.4 is 3.58 Å². The zero-order valence-electron chi connectivity index (χ0n) is 6.65. The summed E-state index contributed by atoms with van der Waals surface area (Å²) in [7, 11) is 0. The number of para-hydroxylation sites is 1. The van der Waals surface area contributed by atoms with Gasteiger partial charge in [0.1, 0.15) is 0 Å². The molecule has 1 N–H and O–H groups in total. The molecule has 64 valence electrons. The summed E-state index contributed by atoms with van der Waals surface area (Å²) in [5.74, 6) is 0. The number of nitro groups is 1. The zero-order chi connectivity index (χ0) is 9.26. The van der Waals surface area contributed by atoms with Crippen molar-refractivity contribution in [2.45, 2.75) is 0 Å². The van der Waals surface area contributed by atoms with Crippen molar-refractivity contribution in [2.24, 2.45) is 0 Å². The van der Waals surface area contributed by atoms with Gasteiger partial charge in [0, 0.05) is 0 Å². The van der Waals surface area contributed by atoms with E-state index in [-0.39, 0.29) is 3.15 Å². The van der Waals surface area contributed by atoms with Crippen molar-refractivity contribution >= 4 is 35.9 Å². The third kappa shape index (κ3) is 1.67. The molecule has 2 radical (unpaired) electrons. The van der Waals surface area contributed by atoms with Gasteiger partial charge in [0.05, 0.1) is 0 Å². The van der Waals surface area contributed by atoms with E-state index in [0.717, 1.165) is 14.5 Å². The number of nitrogens with zero attached hydrogens (tertiary/aromatic N) is 1. The molecule has 2 aromatic rings. The summed E-state index contributed by atoms with van der Waals surface area (Å²) in [6.45, 7) is 0. The number of aromatic amines is 1. The number of aromatic nitrogens is 1. The summed E-state index contributed by atoms with van der Waals surface area (Å²) in [5, 5.41) is 11.4. The molecular weight excluding hydrogens is 275 g/mol. The third-order valence-electron chi connectivity index (χ3n) is 1.80. The van der Waals surface area contributed by atoms with Crippen LogP contribution in [0.15, 0.2) is 30.5 Å². The van der Waals surface area contributed by atoms with Gasteiger partial charge in [-0.15, -0.1) is 0 Å². The summed E-state index contributed by atoms with van der Waals surface area (Å²) in [5.41, 5.74) is 0.986. The number of hydrogen-bond donors (Lipinski definition) is 1. The maximum atomic E-state index is 10.4. The van der Waals surface area contributed by atoms with Crippen LogP contribution in [-0.4, -0.2) is 29.5 Å². The molecule has 0 aliphatic heterocycles. The fourth-order valence-corrected chi connectivity index (χ4v) is 3.18. The quantitative estimate of drug-likeness (QED) is 0.500. The van der Waals surface area contributed by atoms with Gasteiger partial charge in [-0.2, -0.15) is 0 Å². The van der Waals surface area contributed by atoms with Crippen LogP contribution in [0.5, 0.6) is 0 Å². The van der Waals surface area contributed by atoms with Crippen molar-refractivity contribution in [3.8, 4) is 0 Å². The van der Waals surface area contributed by atoms with Crippen LogP contribution in [0.4, 0.5) is 0 Å². The molecule has 0 bridgehead atoms. The number of nitrogens with one attached hydrogen (secondary N) is 1. The number of H-pyrrole nitrogens is 1. The molecule has 0 atom stereocenters. The molecule has 0 fully saturated rings. The number of hydrogen-bond acceptors (Lipinski definition) is 2. The van der Waals surface area contributed by atoms with Crippen LogP contribution >= 0.6 is 0 Å². The fourth-order valence-electron chi connectivity index (χ4n) is 1.26. The second-order valence-corrected chi connectivity index (χ2v) is 5.83. The fraction of sp³-hybridized carbons (Fsp3) is 0. The Morgan fingerprint density at radius 1 is 1.38 bits per heavy atom. The first kappa shape index (κ1) is 8.55. The Kier molecular flexibility index (Phi) is 2.22. The Labute approximate surface area is 84.7 Å². The molecule has 0 saturated heterocycles. The minimum absolute atomic E-state index is 0.154. The molecule has 5 heteroatoms. The van der Waals surface area contributed by atoms with Crippen LogP contribution in [0.1, 0.15) is 0 Å². The van der Waals surface area contributed by atoms with E-state index in [2.05, 4.69) is 4.98 Å². The van der Waals surface area contributed by atoms with E-state index in [4.69, 9.17) is 0 Å². The second-order valence-electron chi connectivity index (χ2n) is 2.62. The van der Waals surface area contributed by atoms with E-state index >= 15 is 0 Å². The summed E-state index contributed by atoms with van der Waals surface area (Å²) in [6, 6.07) is 7.67. The molecular formula is C8H6N2O2Sn. The van der Waals surface area contributed by atoms with Gasteiger partial charge < -0.3 is 0 Å². The van der Waals surface area contributed by atoms with Crippen LogP contribution in [0.25, 0.3) is 10.9 Å². The molecule has 0 spiro atoms. The molecule has 0 aliphatic rings. The molecule has 0 aliphatic carbocycles. The van der Waals surface area contributed by atoms with E-state index < -0.39 is 21.4 Å².